The number of carbonyl (C=O) groups excluding carboxylic acids is 1. The molecule has 100 valence electrons. The summed E-state index contributed by atoms with van der Waals surface area (Å²) in [6.07, 6.45) is 6.03. The van der Waals surface area contributed by atoms with Crippen molar-refractivity contribution in [3.05, 3.63) is 24.0 Å². The molecule has 1 aliphatic rings. The van der Waals surface area contributed by atoms with Crippen LogP contribution in [0.1, 0.15) is 43.1 Å². The van der Waals surface area contributed by atoms with Gasteiger partial charge in [-0.05, 0) is 31.4 Å². The second-order valence-corrected chi connectivity index (χ2v) is 5.04. The third-order valence-corrected chi connectivity index (χ3v) is 3.74. The van der Waals surface area contributed by atoms with Gasteiger partial charge < -0.3 is 15.0 Å². The number of aliphatic hydroxyl groups is 1. The lowest BCUT2D eigenvalue weighted by molar-refractivity contribution is 0.0906. The molecule has 2 rings (SSSR count). The number of aryl methyl sites for hydroxylation is 1. The van der Waals surface area contributed by atoms with Crippen molar-refractivity contribution in [1.82, 2.24) is 9.88 Å². The van der Waals surface area contributed by atoms with Crippen LogP contribution in [0.4, 0.5) is 0 Å². The molecule has 4 nitrogen and oxygen atoms in total. The van der Waals surface area contributed by atoms with E-state index in [0.717, 1.165) is 37.9 Å². The van der Waals surface area contributed by atoms with Crippen molar-refractivity contribution in [2.75, 3.05) is 6.61 Å². The van der Waals surface area contributed by atoms with Crippen LogP contribution in [0.15, 0.2) is 18.3 Å². The zero-order valence-electron chi connectivity index (χ0n) is 10.9. The summed E-state index contributed by atoms with van der Waals surface area (Å²) in [5, 5.41) is 12.3. The molecule has 1 amide bonds. The van der Waals surface area contributed by atoms with Crippen LogP contribution in [0.3, 0.4) is 0 Å². The van der Waals surface area contributed by atoms with Gasteiger partial charge in [0.1, 0.15) is 5.69 Å². The number of nitrogens with one attached hydrogen (secondary N) is 1. The zero-order chi connectivity index (χ0) is 13.0. The lowest BCUT2D eigenvalue weighted by Crippen LogP contribution is -2.39. The molecule has 18 heavy (non-hydrogen) atoms. The van der Waals surface area contributed by atoms with Crippen LogP contribution in [0, 0.1) is 5.92 Å². The first kappa shape index (κ1) is 13.1. The number of aromatic nitrogens is 1. The van der Waals surface area contributed by atoms with E-state index in [9.17, 15) is 9.90 Å². The molecular formula is C14H22N2O2. The Kier molecular flexibility index (Phi) is 4.42. The molecule has 2 N–H and O–H groups in total. The lowest BCUT2D eigenvalue weighted by Gasteiger charge is -2.19. The topological polar surface area (TPSA) is 54.3 Å². The fourth-order valence-electron chi connectivity index (χ4n) is 2.74. The van der Waals surface area contributed by atoms with E-state index in [4.69, 9.17) is 0 Å². The average Bonchev–Trinajstić information content (AvgIpc) is 2.98. The maximum Gasteiger partial charge on any atom is 0.268 e. The number of nitrogens with zero attached hydrogens (tertiary/aromatic N) is 1. The van der Waals surface area contributed by atoms with Crippen molar-refractivity contribution in [3.8, 4) is 0 Å². The highest BCUT2D eigenvalue weighted by Crippen LogP contribution is 2.25. The molecule has 0 radical (unpaired) electrons. The summed E-state index contributed by atoms with van der Waals surface area (Å²) in [6, 6.07) is 3.89. The Morgan fingerprint density at radius 2 is 2.39 bits per heavy atom. The Bertz CT molecular complexity index is 400. The van der Waals surface area contributed by atoms with Crippen LogP contribution < -0.4 is 5.32 Å². The van der Waals surface area contributed by atoms with E-state index in [1.54, 1.807) is 0 Å². The van der Waals surface area contributed by atoms with Gasteiger partial charge in [-0.2, -0.15) is 0 Å². The van der Waals surface area contributed by atoms with Crippen LogP contribution in [-0.4, -0.2) is 28.2 Å². The van der Waals surface area contributed by atoms with Gasteiger partial charge in [0.25, 0.3) is 5.91 Å². The standard InChI is InChI=1S/C14H22N2O2/c1-2-8-16-9-4-7-13(16)14(18)15-12-6-3-5-11(12)10-17/h4,7,9,11-12,17H,2-3,5-6,8,10H2,1H3,(H,15,18). The van der Waals surface area contributed by atoms with Gasteiger partial charge in [-0.25, -0.2) is 0 Å². The van der Waals surface area contributed by atoms with Gasteiger partial charge in [0, 0.05) is 31.3 Å². The van der Waals surface area contributed by atoms with Crippen LogP contribution in [0.25, 0.3) is 0 Å². The average molecular weight is 250 g/mol. The molecule has 1 fully saturated rings. The Balaban J connectivity index is 2.00. The molecule has 0 spiro atoms. The highest BCUT2D eigenvalue weighted by Gasteiger charge is 2.28. The molecule has 1 saturated carbocycles. The summed E-state index contributed by atoms with van der Waals surface area (Å²) in [5.74, 6) is 0.210. The van der Waals surface area contributed by atoms with Gasteiger partial charge in [0.05, 0.1) is 0 Å². The minimum atomic E-state index is -0.0150. The lowest BCUT2D eigenvalue weighted by atomic mass is 10.1. The summed E-state index contributed by atoms with van der Waals surface area (Å²) in [5.41, 5.74) is 0.723. The molecule has 0 bridgehead atoms. The summed E-state index contributed by atoms with van der Waals surface area (Å²) < 4.78 is 1.98. The molecule has 0 aliphatic heterocycles. The van der Waals surface area contributed by atoms with Crippen molar-refractivity contribution in [2.24, 2.45) is 5.92 Å². The Morgan fingerprint density at radius 3 is 3.11 bits per heavy atom. The fraction of sp³-hybridized carbons (Fsp3) is 0.643. The number of aliphatic hydroxyl groups excluding tert-OH is 1. The van der Waals surface area contributed by atoms with Gasteiger partial charge in [0.2, 0.25) is 0 Å². The molecule has 1 aromatic rings. The SMILES string of the molecule is CCCn1cccc1C(=O)NC1CCCC1CO. The van der Waals surface area contributed by atoms with Crippen molar-refractivity contribution in [1.29, 1.82) is 0 Å². The maximum absolute atomic E-state index is 12.2. The molecule has 1 aliphatic carbocycles. The predicted octanol–water partition coefficient (Wildman–Crippen LogP) is 1.79. The van der Waals surface area contributed by atoms with Crippen molar-refractivity contribution in [2.45, 2.75) is 45.2 Å². The third kappa shape index (κ3) is 2.75. The van der Waals surface area contributed by atoms with Crippen LogP contribution in [0.2, 0.25) is 0 Å². The number of rotatable bonds is 5. The van der Waals surface area contributed by atoms with Gasteiger partial charge in [-0.15, -0.1) is 0 Å². The second-order valence-electron chi connectivity index (χ2n) is 5.04. The second kappa shape index (κ2) is 6.05. The van der Waals surface area contributed by atoms with Gasteiger partial charge in [-0.1, -0.05) is 13.3 Å². The van der Waals surface area contributed by atoms with E-state index in [-0.39, 0.29) is 24.5 Å². The minimum Gasteiger partial charge on any atom is -0.396 e. The summed E-state index contributed by atoms with van der Waals surface area (Å²) in [4.78, 5) is 12.2. The predicted molar refractivity (Wildman–Crippen MR) is 70.4 cm³/mol. The number of hydrogen-bond donors (Lipinski definition) is 2. The van der Waals surface area contributed by atoms with E-state index in [1.165, 1.54) is 0 Å². The van der Waals surface area contributed by atoms with Crippen molar-refractivity contribution >= 4 is 5.91 Å². The molecule has 1 aromatic heterocycles. The monoisotopic (exact) mass is 250 g/mol. The number of carbonyl (C=O) groups is 1. The highest BCUT2D eigenvalue weighted by molar-refractivity contribution is 5.93. The molecule has 1 heterocycles. The first-order chi connectivity index (χ1) is 8.76. The first-order valence-electron chi connectivity index (χ1n) is 6.83. The van der Waals surface area contributed by atoms with Gasteiger partial charge in [-0.3, -0.25) is 4.79 Å². The normalized spacial score (nSPS) is 23.2. The molecular weight excluding hydrogens is 228 g/mol. The molecule has 2 unspecified atom stereocenters. The molecule has 0 saturated heterocycles. The van der Waals surface area contributed by atoms with Crippen LogP contribution in [0.5, 0.6) is 0 Å². The summed E-state index contributed by atoms with van der Waals surface area (Å²) >= 11 is 0. The van der Waals surface area contributed by atoms with E-state index >= 15 is 0 Å². The van der Waals surface area contributed by atoms with Crippen molar-refractivity contribution in [3.63, 3.8) is 0 Å². The zero-order valence-corrected chi connectivity index (χ0v) is 10.9. The minimum absolute atomic E-state index is 0.0150. The Labute approximate surface area is 108 Å². The number of amides is 1. The van der Waals surface area contributed by atoms with E-state index in [0.29, 0.717) is 0 Å². The van der Waals surface area contributed by atoms with Crippen molar-refractivity contribution < 1.29 is 9.90 Å². The summed E-state index contributed by atoms with van der Waals surface area (Å²) in [7, 11) is 0. The molecule has 0 aromatic carbocycles. The van der Waals surface area contributed by atoms with Crippen LogP contribution in [-0.2, 0) is 6.54 Å². The van der Waals surface area contributed by atoms with E-state index < -0.39 is 0 Å². The molecule has 4 heteroatoms. The summed E-state index contributed by atoms with van der Waals surface area (Å²) in [6.45, 7) is 3.13. The Morgan fingerprint density at radius 1 is 1.56 bits per heavy atom. The fourth-order valence-corrected chi connectivity index (χ4v) is 2.74. The van der Waals surface area contributed by atoms with Gasteiger partial charge in [0.15, 0.2) is 0 Å². The number of hydrogen-bond acceptors (Lipinski definition) is 2. The smallest absolute Gasteiger partial charge is 0.268 e. The first-order valence-corrected chi connectivity index (χ1v) is 6.83. The van der Waals surface area contributed by atoms with Crippen LogP contribution >= 0.6 is 0 Å². The highest BCUT2D eigenvalue weighted by atomic mass is 16.3. The van der Waals surface area contributed by atoms with E-state index in [1.807, 2.05) is 22.9 Å². The maximum atomic E-state index is 12.2. The quantitative estimate of drug-likeness (QED) is 0.837. The third-order valence-electron chi connectivity index (χ3n) is 3.74. The Hall–Kier alpha value is -1.29. The van der Waals surface area contributed by atoms with E-state index in [2.05, 4.69) is 12.2 Å². The molecule has 2 atom stereocenters. The largest absolute Gasteiger partial charge is 0.396 e. The van der Waals surface area contributed by atoms with Gasteiger partial charge >= 0.3 is 0 Å².